The Morgan fingerprint density at radius 1 is 1.02 bits per heavy atom. The maximum absolute atomic E-state index is 13.3. The maximum Gasteiger partial charge on any atom is 0.415 e. The van der Waals surface area contributed by atoms with Gasteiger partial charge in [-0.15, -0.1) is 5.06 Å². The van der Waals surface area contributed by atoms with E-state index in [0.717, 1.165) is 4.90 Å². The SMILES string of the molecule is COc1cc(OC)cc(C(C(C)=O)c2nn([C@H]3CCN(OC(=O)C(C)(C)C)C3)c(N(C)C(=O)OC(C)(C)C)c2C(N)=O)c1. The fourth-order valence-corrected chi connectivity index (χ4v) is 4.70. The number of methoxy groups -OCH3 is 2. The largest absolute Gasteiger partial charge is 0.497 e. The Bertz CT molecular complexity index is 1370. The van der Waals surface area contributed by atoms with Crippen LogP contribution in [0, 0.1) is 5.41 Å². The zero-order valence-electron chi connectivity index (χ0n) is 26.6. The van der Waals surface area contributed by atoms with E-state index in [-0.39, 0.29) is 29.4 Å². The van der Waals surface area contributed by atoms with E-state index >= 15 is 0 Å². The first-order valence-corrected chi connectivity index (χ1v) is 14.0. The molecular formula is C30H43N5O8. The highest BCUT2D eigenvalue weighted by molar-refractivity contribution is 6.04. The van der Waals surface area contributed by atoms with Crippen molar-refractivity contribution in [3.05, 3.63) is 35.0 Å². The minimum atomic E-state index is -1.06. The Labute approximate surface area is 252 Å². The number of ketones is 1. The van der Waals surface area contributed by atoms with E-state index in [4.69, 9.17) is 29.9 Å². The molecule has 0 bridgehead atoms. The van der Waals surface area contributed by atoms with Crippen molar-refractivity contribution in [3.8, 4) is 11.5 Å². The monoisotopic (exact) mass is 601 g/mol. The number of hydrogen-bond acceptors (Lipinski definition) is 10. The lowest BCUT2D eigenvalue weighted by Crippen LogP contribution is -2.37. The van der Waals surface area contributed by atoms with Crippen molar-refractivity contribution < 1.29 is 38.2 Å². The van der Waals surface area contributed by atoms with Gasteiger partial charge in [0.2, 0.25) is 0 Å². The molecule has 1 fully saturated rings. The third kappa shape index (κ3) is 7.64. The van der Waals surface area contributed by atoms with Crippen molar-refractivity contribution in [2.24, 2.45) is 11.1 Å². The predicted molar refractivity (Wildman–Crippen MR) is 158 cm³/mol. The fraction of sp³-hybridized carbons (Fsp3) is 0.567. The van der Waals surface area contributed by atoms with Gasteiger partial charge in [0.05, 0.1) is 43.8 Å². The first kappa shape index (κ1) is 33.4. The van der Waals surface area contributed by atoms with Crippen molar-refractivity contribution >= 4 is 29.6 Å². The molecule has 0 spiro atoms. The van der Waals surface area contributed by atoms with Crippen LogP contribution in [0.5, 0.6) is 11.5 Å². The molecular weight excluding hydrogens is 558 g/mol. The summed E-state index contributed by atoms with van der Waals surface area (Å²) in [6, 6.07) is 4.51. The zero-order valence-corrected chi connectivity index (χ0v) is 26.6. The molecule has 1 aliphatic rings. The average molecular weight is 602 g/mol. The Kier molecular flexibility index (Phi) is 9.79. The summed E-state index contributed by atoms with van der Waals surface area (Å²) in [5, 5.41) is 6.31. The van der Waals surface area contributed by atoms with Gasteiger partial charge >= 0.3 is 12.1 Å². The van der Waals surface area contributed by atoms with Crippen molar-refractivity contribution in [2.75, 3.05) is 39.3 Å². The van der Waals surface area contributed by atoms with E-state index in [9.17, 15) is 19.2 Å². The van der Waals surface area contributed by atoms with Crippen LogP contribution in [0.1, 0.15) is 88.5 Å². The van der Waals surface area contributed by atoms with E-state index in [0.29, 0.717) is 30.0 Å². The second-order valence-electron chi connectivity index (χ2n) is 12.6. The number of hydroxylamine groups is 2. The smallest absolute Gasteiger partial charge is 0.415 e. The second kappa shape index (κ2) is 12.6. The van der Waals surface area contributed by atoms with Crippen molar-refractivity contribution in [1.82, 2.24) is 14.8 Å². The molecule has 43 heavy (non-hydrogen) atoms. The Morgan fingerprint density at radius 2 is 1.60 bits per heavy atom. The first-order valence-electron chi connectivity index (χ1n) is 14.0. The Balaban J connectivity index is 2.23. The summed E-state index contributed by atoms with van der Waals surface area (Å²) in [4.78, 5) is 59.1. The second-order valence-corrected chi connectivity index (χ2v) is 12.6. The van der Waals surface area contributed by atoms with Gasteiger partial charge in [-0.1, -0.05) is 0 Å². The van der Waals surface area contributed by atoms with Crippen molar-refractivity contribution in [3.63, 3.8) is 0 Å². The summed E-state index contributed by atoms with van der Waals surface area (Å²) in [7, 11) is 4.41. The third-order valence-corrected chi connectivity index (χ3v) is 6.83. The molecule has 13 nitrogen and oxygen atoms in total. The summed E-state index contributed by atoms with van der Waals surface area (Å²) in [6.07, 6.45) is -0.289. The highest BCUT2D eigenvalue weighted by atomic mass is 16.7. The van der Waals surface area contributed by atoms with Crippen LogP contribution in [0.3, 0.4) is 0 Å². The fourth-order valence-electron chi connectivity index (χ4n) is 4.70. The highest BCUT2D eigenvalue weighted by Gasteiger charge is 2.39. The molecule has 0 radical (unpaired) electrons. The molecule has 1 aromatic heterocycles. The molecule has 0 aliphatic carbocycles. The highest BCUT2D eigenvalue weighted by Crippen LogP contribution is 2.39. The summed E-state index contributed by atoms with van der Waals surface area (Å²) in [5.41, 5.74) is 4.80. The zero-order chi connectivity index (χ0) is 32.4. The molecule has 236 valence electrons. The van der Waals surface area contributed by atoms with Gasteiger partial charge in [0, 0.05) is 19.7 Å². The van der Waals surface area contributed by atoms with E-state index in [2.05, 4.69) is 0 Å². The van der Waals surface area contributed by atoms with Crippen LogP contribution < -0.4 is 20.1 Å². The van der Waals surface area contributed by atoms with Crippen molar-refractivity contribution in [1.29, 1.82) is 0 Å². The van der Waals surface area contributed by atoms with Gasteiger partial charge in [0.15, 0.2) is 0 Å². The number of benzene rings is 1. The number of nitrogens with zero attached hydrogens (tertiary/aromatic N) is 4. The lowest BCUT2D eigenvalue weighted by molar-refractivity contribution is -0.195. The van der Waals surface area contributed by atoms with Crippen LogP contribution in [0.2, 0.25) is 0 Å². The van der Waals surface area contributed by atoms with Crippen LogP contribution >= 0.6 is 0 Å². The molecule has 2 heterocycles. The lowest BCUT2D eigenvalue weighted by atomic mass is 9.89. The molecule has 2 atom stereocenters. The minimum absolute atomic E-state index is 0.0610. The predicted octanol–water partition coefficient (Wildman–Crippen LogP) is 3.84. The number of amides is 2. The van der Waals surface area contributed by atoms with Crippen LogP contribution in [-0.2, 0) is 19.2 Å². The first-order chi connectivity index (χ1) is 19.9. The van der Waals surface area contributed by atoms with E-state index in [1.165, 1.54) is 37.9 Å². The molecule has 2 N–H and O–H groups in total. The number of primary amides is 1. The number of hydrogen-bond donors (Lipinski definition) is 1. The number of nitrogens with two attached hydrogens (primary N) is 1. The Hall–Kier alpha value is -4.13. The van der Waals surface area contributed by atoms with Gasteiger partial charge in [0.25, 0.3) is 5.91 Å². The minimum Gasteiger partial charge on any atom is -0.497 e. The quantitative estimate of drug-likeness (QED) is 0.448. The van der Waals surface area contributed by atoms with Crippen LogP contribution in [0.4, 0.5) is 10.6 Å². The molecule has 2 amide bonds. The number of Topliss-reactive ketones (excluding diaryl/α,β-unsaturated/α-hetero) is 1. The number of aromatic nitrogens is 2. The molecule has 1 aliphatic heterocycles. The number of anilines is 1. The standard InChI is InChI=1S/C30H43N5O8/c1-17(36)22(18-13-20(40-9)15-21(14-18)41-10)24-23(25(31)37)26(33(8)28(39)42-30(5,6)7)35(32-24)19-11-12-34(16-19)43-27(38)29(2,3)4/h13-15,19,22H,11-12,16H2,1-10H3,(H2,31,37)/t19-,22?/m0/s1. The van der Waals surface area contributed by atoms with Crippen LogP contribution in [-0.4, -0.2) is 78.6 Å². The average Bonchev–Trinajstić information content (AvgIpc) is 3.51. The molecule has 1 unspecified atom stereocenters. The summed E-state index contributed by atoms with van der Waals surface area (Å²) in [6.45, 7) is 12.4. The molecule has 3 rings (SSSR count). The number of rotatable bonds is 9. The number of carbonyl (C=O) groups excluding carboxylic acids is 4. The summed E-state index contributed by atoms with van der Waals surface area (Å²) in [5.74, 6) is -1.76. The molecule has 2 aromatic rings. The van der Waals surface area contributed by atoms with E-state index < -0.39 is 40.9 Å². The summed E-state index contributed by atoms with van der Waals surface area (Å²) < 4.78 is 17.9. The van der Waals surface area contributed by atoms with Gasteiger partial charge in [-0.25, -0.2) is 14.3 Å². The maximum atomic E-state index is 13.3. The topological polar surface area (TPSA) is 156 Å². The van der Waals surface area contributed by atoms with Crippen LogP contribution in [0.25, 0.3) is 0 Å². The molecule has 1 aromatic carbocycles. The summed E-state index contributed by atoms with van der Waals surface area (Å²) >= 11 is 0. The van der Waals surface area contributed by atoms with Gasteiger partial charge in [-0.05, 0) is 72.6 Å². The lowest BCUT2D eigenvalue weighted by Gasteiger charge is -2.27. The molecule has 1 saturated heterocycles. The van der Waals surface area contributed by atoms with E-state index in [1.54, 1.807) is 59.7 Å². The van der Waals surface area contributed by atoms with Gasteiger partial charge in [-0.2, -0.15) is 5.10 Å². The molecule has 13 heteroatoms. The van der Waals surface area contributed by atoms with E-state index in [1.807, 2.05) is 0 Å². The number of carbonyl (C=O) groups is 4. The van der Waals surface area contributed by atoms with Gasteiger partial charge < -0.3 is 24.8 Å². The van der Waals surface area contributed by atoms with Crippen molar-refractivity contribution in [2.45, 2.75) is 72.4 Å². The normalized spacial score (nSPS) is 16.4. The van der Waals surface area contributed by atoms with Gasteiger partial charge in [0.1, 0.15) is 34.3 Å². The number of ether oxygens (including phenoxy) is 3. The van der Waals surface area contributed by atoms with Gasteiger partial charge in [-0.3, -0.25) is 14.5 Å². The Morgan fingerprint density at radius 3 is 2.07 bits per heavy atom. The van der Waals surface area contributed by atoms with Crippen LogP contribution in [0.15, 0.2) is 18.2 Å². The molecule has 0 saturated carbocycles. The third-order valence-electron chi connectivity index (χ3n) is 6.83.